The lowest BCUT2D eigenvalue weighted by Gasteiger charge is -2.44. The topological polar surface area (TPSA) is 114 Å². The molecule has 0 aromatic heterocycles. The molecule has 2 N–H and O–H groups in total. The maximum absolute atomic E-state index is 14.7. The average molecular weight is 652 g/mol. The molecule has 0 saturated heterocycles. The maximum atomic E-state index is 14.7. The molecule has 2 aromatic rings. The zero-order chi connectivity index (χ0) is 35.9. The monoisotopic (exact) mass is 651 g/mol. The molecule has 2 rings (SSSR count). The van der Waals surface area contributed by atoms with Crippen molar-refractivity contribution < 1.29 is 28.7 Å². The van der Waals surface area contributed by atoms with E-state index in [0.29, 0.717) is 12.0 Å². The fraction of sp³-hybridized carbons (Fsp3) is 0.579. The number of ether oxygens (including phenoxy) is 2. The number of hydrogen-bond acceptors (Lipinski definition) is 6. The summed E-state index contributed by atoms with van der Waals surface area (Å²) in [6.45, 7) is 23.9. The number of alkyl carbamates (subject to hydrolysis) is 1. The summed E-state index contributed by atoms with van der Waals surface area (Å²) in [5.41, 5.74) is 0.729. The standard InChI is InChI=1S/C38H57N3O6/c1-24(2)21-29(40-35(45)47-38(11,12)13)33(43)41(36(5,6)7)31(28-22-25(3)19-20-26(28)4)32(42)39-30(34(44)46-37(8,9)10)23-27-17-15-14-16-18-27/h14-20,22,24,29-31H,21,23H2,1-13H3,(H,39,42)(H,40,45). The van der Waals surface area contributed by atoms with Gasteiger partial charge in [0, 0.05) is 12.0 Å². The van der Waals surface area contributed by atoms with Crippen LogP contribution in [0.15, 0.2) is 48.5 Å². The average Bonchev–Trinajstić information content (AvgIpc) is 2.89. The van der Waals surface area contributed by atoms with Crippen molar-refractivity contribution in [1.82, 2.24) is 15.5 Å². The van der Waals surface area contributed by atoms with Crippen LogP contribution in [0.5, 0.6) is 0 Å². The molecule has 0 aliphatic rings. The van der Waals surface area contributed by atoms with Crippen molar-refractivity contribution in [3.05, 3.63) is 70.8 Å². The molecule has 3 amide bonds. The van der Waals surface area contributed by atoms with E-state index in [1.165, 1.54) is 4.90 Å². The molecule has 0 spiro atoms. The van der Waals surface area contributed by atoms with Gasteiger partial charge in [-0.3, -0.25) is 9.59 Å². The molecule has 260 valence electrons. The van der Waals surface area contributed by atoms with Crippen LogP contribution in [0, 0.1) is 19.8 Å². The van der Waals surface area contributed by atoms with Crippen molar-refractivity contribution >= 4 is 23.9 Å². The third-order valence-corrected chi connectivity index (χ3v) is 7.18. The number of hydrogen-bond donors (Lipinski definition) is 2. The van der Waals surface area contributed by atoms with Gasteiger partial charge in [-0.25, -0.2) is 9.59 Å². The largest absolute Gasteiger partial charge is 0.458 e. The normalized spacial score (nSPS) is 14.1. The SMILES string of the molecule is Cc1ccc(C)c(C(C(=O)NC(Cc2ccccc2)C(=O)OC(C)(C)C)N(C(=O)C(CC(C)C)NC(=O)OC(C)(C)C)C(C)(C)C)c1. The van der Waals surface area contributed by atoms with E-state index < -0.39 is 58.7 Å². The zero-order valence-corrected chi connectivity index (χ0v) is 30.7. The van der Waals surface area contributed by atoms with Gasteiger partial charge in [0.15, 0.2) is 0 Å². The Morgan fingerprint density at radius 1 is 0.766 bits per heavy atom. The number of nitrogens with one attached hydrogen (secondary N) is 2. The van der Waals surface area contributed by atoms with Gasteiger partial charge in [0.1, 0.15) is 29.3 Å². The van der Waals surface area contributed by atoms with Gasteiger partial charge in [0.05, 0.1) is 0 Å². The number of esters is 1. The van der Waals surface area contributed by atoms with E-state index >= 15 is 0 Å². The first kappa shape index (κ1) is 39.3. The Labute approximate surface area is 282 Å². The highest BCUT2D eigenvalue weighted by atomic mass is 16.6. The smallest absolute Gasteiger partial charge is 0.408 e. The van der Waals surface area contributed by atoms with Crippen molar-refractivity contribution in [2.45, 2.75) is 138 Å². The summed E-state index contributed by atoms with van der Waals surface area (Å²) >= 11 is 0. The van der Waals surface area contributed by atoms with Gasteiger partial charge in [0.2, 0.25) is 11.8 Å². The van der Waals surface area contributed by atoms with Crippen LogP contribution in [0.1, 0.15) is 111 Å². The molecule has 3 atom stereocenters. The second-order valence-electron chi connectivity index (χ2n) is 15.8. The van der Waals surface area contributed by atoms with E-state index in [9.17, 15) is 19.2 Å². The minimum absolute atomic E-state index is 0.0381. The van der Waals surface area contributed by atoms with E-state index in [0.717, 1.165) is 16.7 Å². The van der Waals surface area contributed by atoms with E-state index in [4.69, 9.17) is 9.47 Å². The van der Waals surface area contributed by atoms with Gasteiger partial charge < -0.3 is 25.0 Å². The quantitative estimate of drug-likeness (QED) is 0.254. The molecule has 3 unspecified atom stereocenters. The fourth-order valence-corrected chi connectivity index (χ4v) is 5.27. The summed E-state index contributed by atoms with van der Waals surface area (Å²) in [5, 5.41) is 5.76. The van der Waals surface area contributed by atoms with Crippen LogP contribution in [-0.2, 0) is 30.3 Å². The van der Waals surface area contributed by atoms with E-state index in [2.05, 4.69) is 10.6 Å². The Morgan fingerprint density at radius 2 is 1.34 bits per heavy atom. The van der Waals surface area contributed by atoms with Crippen LogP contribution < -0.4 is 10.6 Å². The predicted octanol–water partition coefficient (Wildman–Crippen LogP) is 6.98. The van der Waals surface area contributed by atoms with Crippen molar-refractivity contribution in [1.29, 1.82) is 0 Å². The van der Waals surface area contributed by atoms with Crippen LogP contribution in [-0.4, -0.2) is 57.6 Å². The molecular weight excluding hydrogens is 594 g/mol. The summed E-state index contributed by atoms with van der Waals surface area (Å²) < 4.78 is 11.3. The number of aryl methyl sites for hydroxylation is 2. The molecular formula is C38H57N3O6. The van der Waals surface area contributed by atoms with Gasteiger partial charge in [0.25, 0.3) is 0 Å². The lowest BCUT2D eigenvalue weighted by atomic mass is 9.90. The van der Waals surface area contributed by atoms with Crippen LogP contribution in [0.2, 0.25) is 0 Å². The zero-order valence-electron chi connectivity index (χ0n) is 30.7. The number of carbonyl (C=O) groups excluding carboxylic acids is 4. The van der Waals surface area contributed by atoms with Crippen LogP contribution in [0.3, 0.4) is 0 Å². The number of benzene rings is 2. The van der Waals surface area contributed by atoms with Crippen molar-refractivity contribution in [2.24, 2.45) is 5.92 Å². The summed E-state index contributed by atoms with van der Waals surface area (Å²) in [5.74, 6) is -1.51. The first-order valence-corrected chi connectivity index (χ1v) is 16.5. The third-order valence-electron chi connectivity index (χ3n) is 7.18. The molecule has 0 heterocycles. The van der Waals surface area contributed by atoms with Gasteiger partial charge in [-0.15, -0.1) is 0 Å². The van der Waals surface area contributed by atoms with Crippen molar-refractivity contribution in [3.8, 4) is 0 Å². The first-order valence-electron chi connectivity index (χ1n) is 16.5. The van der Waals surface area contributed by atoms with Crippen LogP contribution in [0.4, 0.5) is 4.79 Å². The first-order chi connectivity index (χ1) is 21.5. The van der Waals surface area contributed by atoms with Gasteiger partial charge in [-0.1, -0.05) is 67.9 Å². The van der Waals surface area contributed by atoms with Crippen LogP contribution >= 0.6 is 0 Å². The Morgan fingerprint density at radius 3 is 1.85 bits per heavy atom. The number of amides is 3. The number of rotatable bonds is 11. The van der Waals surface area contributed by atoms with Gasteiger partial charge in [-0.05, 0) is 105 Å². The van der Waals surface area contributed by atoms with E-state index in [1.807, 2.05) is 97.0 Å². The highest BCUT2D eigenvalue weighted by molar-refractivity contribution is 5.94. The Kier molecular flexibility index (Phi) is 13.2. The lowest BCUT2D eigenvalue weighted by molar-refractivity contribution is -0.159. The second-order valence-corrected chi connectivity index (χ2v) is 15.8. The molecule has 9 nitrogen and oxygen atoms in total. The minimum Gasteiger partial charge on any atom is -0.458 e. The summed E-state index contributed by atoms with van der Waals surface area (Å²) in [7, 11) is 0. The molecule has 0 aliphatic carbocycles. The summed E-state index contributed by atoms with van der Waals surface area (Å²) in [6, 6.07) is 12.0. The van der Waals surface area contributed by atoms with E-state index in [-0.39, 0.29) is 12.3 Å². The molecule has 0 radical (unpaired) electrons. The summed E-state index contributed by atoms with van der Waals surface area (Å²) in [4.78, 5) is 57.5. The molecule has 0 bridgehead atoms. The molecule has 0 fully saturated rings. The Bertz CT molecular complexity index is 1380. The maximum Gasteiger partial charge on any atom is 0.408 e. The van der Waals surface area contributed by atoms with Crippen molar-refractivity contribution in [2.75, 3.05) is 0 Å². The number of carbonyl (C=O) groups is 4. The Hall–Kier alpha value is -3.88. The van der Waals surface area contributed by atoms with Gasteiger partial charge >= 0.3 is 12.1 Å². The molecule has 9 heteroatoms. The molecule has 2 aromatic carbocycles. The summed E-state index contributed by atoms with van der Waals surface area (Å²) in [6.07, 6.45) is -0.202. The molecule has 47 heavy (non-hydrogen) atoms. The Balaban J connectivity index is 2.72. The fourth-order valence-electron chi connectivity index (χ4n) is 5.27. The van der Waals surface area contributed by atoms with Crippen LogP contribution in [0.25, 0.3) is 0 Å². The third kappa shape index (κ3) is 12.7. The lowest BCUT2D eigenvalue weighted by Crippen LogP contribution is -2.60. The second kappa shape index (κ2) is 15.8. The van der Waals surface area contributed by atoms with Crippen molar-refractivity contribution in [3.63, 3.8) is 0 Å². The predicted molar refractivity (Wildman–Crippen MR) is 186 cm³/mol. The van der Waals surface area contributed by atoms with E-state index in [1.54, 1.807) is 41.5 Å². The molecule has 0 saturated carbocycles. The van der Waals surface area contributed by atoms with Gasteiger partial charge in [-0.2, -0.15) is 0 Å². The highest BCUT2D eigenvalue weighted by Gasteiger charge is 2.43. The minimum atomic E-state index is -1.14. The number of nitrogens with zero attached hydrogens (tertiary/aromatic N) is 1. The highest BCUT2D eigenvalue weighted by Crippen LogP contribution is 2.33. The molecule has 0 aliphatic heterocycles.